The van der Waals surface area contributed by atoms with E-state index in [1.807, 2.05) is 18.2 Å². The Bertz CT molecular complexity index is 988. The molecule has 2 aromatic carbocycles. The zero-order chi connectivity index (χ0) is 23.8. The van der Waals surface area contributed by atoms with Gasteiger partial charge in [0.15, 0.2) is 0 Å². The minimum Gasteiger partial charge on any atom is -1.00 e. The number of rotatable bonds is 9. The molecule has 0 spiro atoms. The van der Waals surface area contributed by atoms with Crippen LogP contribution in [0.4, 0.5) is 0 Å². The second-order valence-corrected chi connectivity index (χ2v) is 8.86. The van der Waals surface area contributed by atoms with Gasteiger partial charge in [-0.1, -0.05) is 65.7 Å². The van der Waals surface area contributed by atoms with Crippen LogP contribution in [0.1, 0.15) is 42.2 Å². The number of methoxy groups -OCH3 is 1. The molecule has 2 N–H and O–H groups in total. The first-order chi connectivity index (χ1) is 15.9. The number of carbonyl (C=O) groups is 2. The fourth-order valence-electron chi connectivity index (χ4n) is 4.01. The molecule has 0 saturated carbocycles. The second kappa shape index (κ2) is 13.6. The molecule has 178 valence electrons. The SMILES string of the molecule is COCC1(c2ccc(C=CCC(NC(=O)c3c(Cl)cccc3Cl)C(=O)O)cc2)CCOCC1.[H-].[Na+]. The Morgan fingerprint density at radius 1 is 1.18 bits per heavy atom. The maximum absolute atomic E-state index is 12.5. The fraction of sp³-hybridized carbons (Fsp3) is 0.360. The molecule has 1 aliphatic heterocycles. The van der Waals surface area contributed by atoms with Gasteiger partial charge in [-0.3, -0.25) is 4.79 Å². The van der Waals surface area contributed by atoms with E-state index in [0.717, 1.165) is 18.4 Å². The number of nitrogens with one attached hydrogen (secondary N) is 1. The van der Waals surface area contributed by atoms with E-state index in [4.69, 9.17) is 32.7 Å². The van der Waals surface area contributed by atoms with E-state index >= 15 is 0 Å². The zero-order valence-electron chi connectivity index (χ0n) is 20.4. The van der Waals surface area contributed by atoms with Gasteiger partial charge in [0.25, 0.3) is 5.91 Å². The van der Waals surface area contributed by atoms with Gasteiger partial charge in [0.2, 0.25) is 0 Å². The first kappa shape index (κ1) is 28.9. The van der Waals surface area contributed by atoms with Crippen molar-refractivity contribution < 1.29 is 55.2 Å². The number of aliphatic carboxylic acids is 1. The molecule has 34 heavy (non-hydrogen) atoms. The van der Waals surface area contributed by atoms with Gasteiger partial charge in [0, 0.05) is 25.7 Å². The first-order valence-electron chi connectivity index (χ1n) is 10.7. The van der Waals surface area contributed by atoms with Gasteiger partial charge in [-0.2, -0.15) is 0 Å². The normalized spacial score (nSPS) is 16.0. The van der Waals surface area contributed by atoms with Crippen LogP contribution in [0.5, 0.6) is 0 Å². The maximum atomic E-state index is 12.5. The topological polar surface area (TPSA) is 84.9 Å². The van der Waals surface area contributed by atoms with Gasteiger partial charge in [-0.15, -0.1) is 0 Å². The molecule has 0 aromatic heterocycles. The van der Waals surface area contributed by atoms with E-state index in [2.05, 4.69) is 17.4 Å². The number of carboxylic acid groups (broad SMARTS) is 1. The molecule has 1 unspecified atom stereocenters. The monoisotopic (exact) mass is 515 g/mol. The molecule has 9 heteroatoms. The van der Waals surface area contributed by atoms with Crippen LogP contribution < -0.4 is 34.9 Å². The molecule has 1 aliphatic rings. The summed E-state index contributed by atoms with van der Waals surface area (Å²) in [6, 6.07) is 11.7. The third-order valence-electron chi connectivity index (χ3n) is 5.87. The molecular weight excluding hydrogens is 488 g/mol. The number of carbonyl (C=O) groups excluding carboxylic acids is 1. The van der Waals surface area contributed by atoms with Crippen LogP contribution in [0.3, 0.4) is 0 Å². The summed E-state index contributed by atoms with van der Waals surface area (Å²) in [6.45, 7) is 2.07. The van der Waals surface area contributed by atoms with Crippen LogP contribution in [0.2, 0.25) is 10.0 Å². The van der Waals surface area contributed by atoms with Crippen molar-refractivity contribution in [2.24, 2.45) is 0 Å². The van der Waals surface area contributed by atoms with E-state index in [9.17, 15) is 14.7 Å². The second-order valence-electron chi connectivity index (χ2n) is 8.05. The molecule has 1 fully saturated rings. The third-order valence-corrected chi connectivity index (χ3v) is 6.50. The summed E-state index contributed by atoms with van der Waals surface area (Å²) in [5.74, 6) is -1.77. The van der Waals surface area contributed by atoms with Crippen LogP contribution in [-0.4, -0.2) is 50.0 Å². The van der Waals surface area contributed by atoms with Gasteiger partial charge in [0.1, 0.15) is 6.04 Å². The number of hydrogen-bond donors (Lipinski definition) is 2. The number of carboxylic acids is 1. The number of hydrogen-bond acceptors (Lipinski definition) is 4. The quantitative estimate of drug-likeness (QED) is 0.499. The average molecular weight is 516 g/mol. The molecule has 0 aliphatic carbocycles. The van der Waals surface area contributed by atoms with Crippen LogP contribution in [0.25, 0.3) is 6.08 Å². The minimum absolute atomic E-state index is 0. The molecule has 1 heterocycles. The van der Waals surface area contributed by atoms with Crippen molar-refractivity contribution in [3.05, 3.63) is 75.3 Å². The Balaban J connectivity index is 0.00000306. The van der Waals surface area contributed by atoms with Crippen LogP contribution >= 0.6 is 23.2 Å². The van der Waals surface area contributed by atoms with Gasteiger partial charge >= 0.3 is 35.5 Å². The number of halogens is 2. The molecule has 1 amide bonds. The molecule has 0 radical (unpaired) electrons. The van der Waals surface area contributed by atoms with Crippen molar-refractivity contribution in [2.75, 3.05) is 26.9 Å². The molecule has 2 aromatic rings. The van der Waals surface area contributed by atoms with E-state index in [-0.39, 0.29) is 58.4 Å². The summed E-state index contributed by atoms with van der Waals surface area (Å²) in [7, 11) is 1.71. The van der Waals surface area contributed by atoms with E-state index in [1.54, 1.807) is 19.3 Å². The van der Waals surface area contributed by atoms with E-state index < -0.39 is 17.9 Å². The van der Waals surface area contributed by atoms with Crippen LogP contribution in [0, 0.1) is 0 Å². The fourth-order valence-corrected chi connectivity index (χ4v) is 4.58. The number of ether oxygens (including phenoxy) is 2. The summed E-state index contributed by atoms with van der Waals surface area (Å²) in [6.07, 6.45) is 5.48. The predicted octanol–water partition coefficient (Wildman–Crippen LogP) is 2.09. The van der Waals surface area contributed by atoms with Gasteiger partial charge in [-0.05, 0) is 42.5 Å². The average Bonchev–Trinajstić information content (AvgIpc) is 2.79. The summed E-state index contributed by atoms with van der Waals surface area (Å²) in [5, 5.41) is 12.3. The first-order valence-corrected chi connectivity index (χ1v) is 11.4. The van der Waals surface area contributed by atoms with Crippen molar-refractivity contribution in [3.8, 4) is 0 Å². The Morgan fingerprint density at radius 2 is 1.79 bits per heavy atom. The van der Waals surface area contributed by atoms with E-state index in [0.29, 0.717) is 19.8 Å². The standard InChI is InChI=1S/C25H27Cl2NO5.Na.H/c1-32-16-25(12-14-33-15-13-25)18-10-8-17(9-11-18)4-2-7-21(24(30)31)28-23(29)22-19(26)5-3-6-20(22)27;;/h2-6,8-11,21H,7,12-16H2,1H3,(H,28,29)(H,30,31);;/q;+1;-1. The van der Waals surface area contributed by atoms with Crippen LogP contribution in [0.15, 0.2) is 48.5 Å². The molecule has 6 nitrogen and oxygen atoms in total. The van der Waals surface area contributed by atoms with Crippen molar-refractivity contribution >= 4 is 41.2 Å². The largest absolute Gasteiger partial charge is 1.00 e. The minimum atomic E-state index is -1.15. The maximum Gasteiger partial charge on any atom is 1.00 e. The summed E-state index contributed by atoms with van der Waals surface area (Å²) in [4.78, 5) is 24.2. The predicted molar refractivity (Wildman–Crippen MR) is 130 cm³/mol. The smallest absolute Gasteiger partial charge is 1.00 e. The van der Waals surface area contributed by atoms with Crippen molar-refractivity contribution in [3.63, 3.8) is 0 Å². The molecule has 1 atom stereocenters. The van der Waals surface area contributed by atoms with Gasteiger partial charge in [0.05, 0.1) is 22.2 Å². The Hall–Kier alpha value is -1.38. The summed E-state index contributed by atoms with van der Waals surface area (Å²) in [5.41, 5.74) is 2.15. The Labute approximate surface area is 233 Å². The van der Waals surface area contributed by atoms with Crippen LogP contribution in [-0.2, 0) is 19.7 Å². The summed E-state index contributed by atoms with van der Waals surface area (Å²) < 4.78 is 11.0. The molecular formula is C25H28Cl2NNaO5. The summed E-state index contributed by atoms with van der Waals surface area (Å²) >= 11 is 12.1. The molecule has 3 rings (SSSR count). The van der Waals surface area contributed by atoms with E-state index in [1.165, 1.54) is 17.7 Å². The van der Waals surface area contributed by atoms with Crippen molar-refractivity contribution in [1.29, 1.82) is 0 Å². The van der Waals surface area contributed by atoms with Gasteiger partial charge < -0.3 is 21.3 Å². The van der Waals surface area contributed by atoms with Gasteiger partial charge in [-0.25, -0.2) is 4.79 Å². The third kappa shape index (κ3) is 7.31. The van der Waals surface area contributed by atoms with Crippen molar-refractivity contribution in [2.45, 2.75) is 30.7 Å². The molecule has 0 bridgehead atoms. The number of amides is 1. The Morgan fingerprint density at radius 3 is 2.35 bits per heavy atom. The number of benzene rings is 2. The molecule has 1 saturated heterocycles. The Kier molecular flexibility index (Phi) is 11.6. The zero-order valence-corrected chi connectivity index (χ0v) is 22.9. The van der Waals surface area contributed by atoms with Crippen molar-refractivity contribution in [1.82, 2.24) is 5.32 Å².